The molecule has 1 aromatic rings. The molecule has 1 fully saturated rings. The maximum Gasteiger partial charge on any atom is 0.305 e. The summed E-state index contributed by atoms with van der Waals surface area (Å²) in [6.45, 7) is 0.990. The fourth-order valence-corrected chi connectivity index (χ4v) is 2.07. The Morgan fingerprint density at radius 3 is 3.05 bits per heavy atom. The van der Waals surface area contributed by atoms with Crippen LogP contribution in [-0.2, 0) is 9.59 Å². The number of carbonyl (C=O) groups is 2. The zero-order valence-electron chi connectivity index (χ0n) is 10.2. The van der Waals surface area contributed by atoms with Gasteiger partial charge in [-0.3, -0.25) is 9.59 Å². The number of nitriles is 1. The average Bonchev–Trinajstić information content (AvgIpc) is 2.41. The monoisotopic (exact) mass is 259 g/mol. The summed E-state index contributed by atoms with van der Waals surface area (Å²) in [6.07, 6.45) is -0.243. The van der Waals surface area contributed by atoms with Crippen LogP contribution in [0.5, 0.6) is 0 Å². The van der Waals surface area contributed by atoms with E-state index >= 15 is 0 Å². The van der Waals surface area contributed by atoms with Gasteiger partial charge in [-0.1, -0.05) is 6.07 Å². The van der Waals surface area contributed by atoms with Gasteiger partial charge in [0.15, 0.2) is 0 Å². The van der Waals surface area contributed by atoms with Gasteiger partial charge in [-0.25, -0.2) is 0 Å². The highest BCUT2D eigenvalue weighted by molar-refractivity contribution is 5.99. The molecule has 0 bridgehead atoms. The third-order valence-electron chi connectivity index (χ3n) is 2.96. The van der Waals surface area contributed by atoms with Crippen molar-refractivity contribution >= 4 is 17.6 Å². The molecule has 1 aliphatic heterocycles. The molecule has 1 aromatic carbocycles. The van der Waals surface area contributed by atoms with Crippen LogP contribution < -0.4 is 10.2 Å². The molecule has 1 heterocycles. The number of carboxylic acids is 1. The highest BCUT2D eigenvalue weighted by atomic mass is 16.4. The zero-order valence-corrected chi connectivity index (χ0v) is 10.2. The van der Waals surface area contributed by atoms with Crippen LogP contribution in [0.4, 0.5) is 5.69 Å². The summed E-state index contributed by atoms with van der Waals surface area (Å²) in [5, 5.41) is 20.5. The van der Waals surface area contributed by atoms with Gasteiger partial charge in [0.1, 0.15) is 0 Å². The minimum absolute atomic E-state index is 0.243. The number of amides is 1. The van der Waals surface area contributed by atoms with Crippen molar-refractivity contribution in [1.29, 1.82) is 5.26 Å². The van der Waals surface area contributed by atoms with Crippen molar-refractivity contribution in [2.24, 2.45) is 0 Å². The fourth-order valence-electron chi connectivity index (χ4n) is 2.07. The minimum Gasteiger partial charge on any atom is -0.481 e. The molecule has 1 saturated heterocycles. The summed E-state index contributed by atoms with van der Waals surface area (Å²) in [6, 6.07) is 8.03. The molecule has 6 heteroatoms. The number of hydrogen-bond acceptors (Lipinski definition) is 4. The maximum absolute atomic E-state index is 12.2. The largest absolute Gasteiger partial charge is 0.481 e. The lowest BCUT2D eigenvalue weighted by atomic mass is 10.1. The number of nitrogens with one attached hydrogen (secondary N) is 1. The molecule has 0 spiro atoms. The maximum atomic E-state index is 12.2. The Morgan fingerprint density at radius 2 is 2.37 bits per heavy atom. The van der Waals surface area contributed by atoms with Gasteiger partial charge in [0.2, 0.25) is 5.91 Å². The molecular formula is C13H13N3O3. The summed E-state index contributed by atoms with van der Waals surface area (Å²) >= 11 is 0. The minimum atomic E-state index is -1.02. The van der Waals surface area contributed by atoms with Crippen LogP contribution in [0.25, 0.3) is 0 Å². The molecule has 2 rings (SSSR count). The number of rotatable bonds is 3. The topological polar surface area (TPSA) is 93.4 Å². The van der Waals surface area contributed by atoms with E-state index in [4.69, 9.17) is 10.4 Å². The molecule has 19 heavy (non-hydrogen) atoms. The summed E-state index contributed by atoms with van der Waals surface area (Å²) in [7, 11) is 0. The van der Waals surface area contributed by atoms with Gasteiger partial charge in [0, 0.05) is 18.8 Å². The fraction of sp³-hybridized carbons (Fsp3) is 0.308. The van der Waals surface area contributed by atoms with Crippen molar-refractivity contribution in [3.8, 4) is 6.07 Å². The third-order valence-corrected chi connectivity index (χ3v) is 2.96. The number of carbonyl (C=O) groups excluding carboxylic acids is 1. The van der Waals surface area contributed by atoms with Gasteiger partial charge >= 0.3 is 5.97 Å². The van der Waals surface area contributed by atoms with Gasteiger partial charge in [0.05, 0.1) is 24.1 Å². The van der Waals surface area contributed by atoms with Crippen molar-refractivity contribution in [3.05, 3.63) is 29.8 Å². The van der Waals surface area contributed by atoms with Crippen LogP contribution in [0.2, 0.25) is 0 Å². The molecule has 1 unspecified atom stereocenters. The second-order valence-corrected chi connectivity index (χ2v) is 4.26. The first-order chi connectivity index (χ1) is 9.11. The first-order valence-corrected chi connectivity index (χ1v) is 5.88. The number of nitrogens with zero attached hydrogens (tertiary/aromatic N) is 2. The Labute approximate surface area is 110 Å². The van der Waals surface area contributed by atoms with Crippen molar-refractivity contribution in [1.82, 2.24) is 5.32 Å². The van der Waals surface area contributed by atoms with Crippen LogP contribution in [0.3, 0.4) is 0 Å². The van der Waals surface area contributed by atoms with Crippen LogP contribution in [0.15, 0.2) is 24.3 Å². The summed E-state index contributed by atoms with van der Waals surface area (Å²) < 4.78 is 0. The molecule has 98 valence electrons. The quantitative estimate of drug-likeness (QED) is 0.816. The number of benzene rings is 1. The first kappa shape index (κ1) is 13.1. The van der Waals surface area contributed by atoms with Crippen LogP contribution in [0.1, 0.15) is 12.0 Å². The van der Waals surface area contributed by atoms with Gasteiger partial charge in [-0.15, -0.1) is 0 Å². The van der Waals surface area contributed by atoms with Crippen molar-refractivity contribution < 1.29 is 14.7 Å². The Kier molecular flexibility index (Phi) is 3.78. The van der Waals surface area contributed by atoms with Crippen molar-refractivity contribution in [2.75, 3.05) is 18.0 Å². The Hall–Kier alpha value is -2.39. The van der Waals surface area contributed by atoms with Crippen molar-refractivity contribution in [3.63, 3.8) is 0 Å². The third kappa shape index (κ3) is 2.89. The molecule has 1 aliphatic rings. The van der Waals surface area contributed by atoms with E-state index in [0.29, 0.717) is 24.3 Å². The lowest BCUT2D eigenvalue weighted by Crippen LogP contribution is -2.55. The molecule has 0 aromatic heterocycles. The smallest absolute Gasteiger partial charge is 0.305 e. The molecule has 0 radical (unpaired) electrons. The molecule has 1 amide bonds. The second kappa shape index (κ2) is 5.50. The SMILES string of the molecule is N#Cc1cccc(N2CCNC(CC(=O)O)C2=O)c1. The van der Waals surface area contributed by atoms with E-state index in [2.05, 4.69) is 5.32 Å². The van der Waals surface area contributed by atoms with E-state index in [9.17, 15) is 9.59 Å². The molecular weight excluding hydrogens is 246 g/mol. The van der Waals surface area contributed by atoms with E-state index in [0.717, 1.165) is 0 Å². The van der Waals surface area contributed by atoms with Crippen LogP contribution in [0, 0.1) is 11.3 Å². The molecule has 2 N–H and O–H groups in total. The second-order valence-electron chi connectivity index (χ2n) is 4.26. The lowest BCUT2D eigenvalue weighted by molar-refractivity contribution is -0.139. The summed E-state index contributed by atoms with van der Waals surface area (Å²) in [4.78, 5) is 24.4. The van der Waals surface area contributed by atoms with Gasteiger partial charge in [0.25, 0.3) is 0 Å². The van der Waals surface area contributed by atoms with E-state index in [1.54, 1.807) is 24.3 Å². The van der Waals surface area contributed by atoms with Crippen LogP contribution >= 0.6 is 0 Å². The standard InChI is InChI=1S/C13H13N3O3/c14-8-9-2-1-3-10(6-9)16-5-4-15-11(13(16)19)7-12(17)18/h1-3,6,11,15H,4-5,7H2,(H,17,18). The van der Waals surface area contributed by atoms with E-state index in [1.807, 2.05) is 6.07 Å². The average molecular weight is 259 g/mol. The highest BCUT2D eigenvalue weighted by Gasteiger charge is 2.30. The Morgan fingerprint density at radius 1 is 1.58 bits per heavy atom. The van der Waals surface area contributed by atoms with Crippen molar-refractivity contribution in [2.45, 2.75) is 12.5 Å². The van der Waals surface area contributed by atoms with Gasteiger partial charge in [-0.05, 0) is 18.2 Å². The summed E-state index contributed by atoms with van der Waals surface area (Å²) in [5.74, 6) is -1.29. The molecule has 0 saturated carbocycles. The number of hydrogen-bond donors (Lipinski definition) is 2. The number of anilines is 1. The van der Waals surface area contributed by atoms with Gasteiger partial charge in [-0.2, -0.15) is 5.26 Å². The van der Waals surface area contributed by atoms with E-state index < -0.39 is 12.0 Å². The van der Waals surface area contributed by atoms with E-state index in [-0.39, 0.29) is 12.3 Å². The normalized spacial score (nSPS) is 19.0. The first-order valence-electron chi connectivity index (χ1n) is 5.88. The number of aliphatic carboxylic acids is 1. The Balaban J connectivity index is 2.21. The lowest BCUT2D eigenvalue weighted by Gasteiger charge is -2.32. The predicted octanol–water partition coefficient (Wildman–Crippen LogP) is 0.338. The predicted molar refractivity (Wildman–Crippen MR) is 67.6 cm³/mol. The molecule has 0 aliphatic carbocycles. The highest BCUT2D eigenvalue weighted by Crippen LogP contribution is 2.19. The zero-order chi connectivity index (χ0) is 13.8. The van der Waals surface area contributed by atoms with Crippen LogP contribution in [-0.4, -0.2) is 36.1 Å². The summed E-state index contributed by atoms with van der Waals surface area (Å²) in [5.41, 5.74) is 1.10. The Bertz CT molecular complexity index is 550. The number of piperazine rings is 1. The molecule has 1 atom stereocenters. The molecule has 6 nitrogen and oxygen atoms in total. The van der Waals surface area contributed by atoms with E-state index in [1.165, 1.54) is 4.90 Å². The number of carboxylic acid groups (broad SMARTS) is 1. The van der Waals surface area contributed by atoms with Gasteiger partial charge < -0.3 is 15.3 Å².